The molecule has 146 valence electrons. The van der Waals surface area contributed by atoms with E-state index in [0.717, 1.165) is 0 Å². The van der Waals surface area contributed by atoms with Crippen molar-refractivity contribution in [3.8, 4) is 17.2 Å². The normalized spacial score (nSPS) is 10.3. The van der Waals surface area contributed by atoms with Gasteiger partial charge >= 0.3 is 0 Å². The molecule has 10 nitrogen and oxygen atoms in total. The maximum Gasteiger partial charge on any atom is 0.275 e. The number of hydrogen-bond donors (Lipinski definition) is 2. The fourth-order valence-electron chi connectivity index (χ4n) is 2.46. The lowest BCUT2D eigenvalue weighted by Crippen LogP contribution is -2.14. The Morgan fingerprint density at radius 1 is 0.964 bits per heavy atom. The van der Waals surface area contributed by atoms with Crippen LogP contribution in [0.5, 0.6) is 17.2 Å². The molecule has 3 rings (SSSR count). The third kappa shape index (κ3) is 4.11. The van der Waals surface area contributed by atoms with Crippen molar-refractivity contribution in [3.63, 3.8) is 0 Å². The van der Waals surface area contributed by atoms with Crippen molar-refractivity contribution < 1.29 is 23.5 Å². The fraction of sp³-hybridized carbons (Fsp3) is 0.222. The van der Waals surface area contributed by atoms with Gasteiger partial charge in [-0.25, -0.2) is 9.97 Å². The van der Waals surface area contributed by atoms with Crippen molar-refractivity contribution in [1.29, 1.82) is 0 Å². The van der Waals surface area contributed by atoms with Gasteiger partial charge in [-0.05, 0) is 6.92 Å². The number of rotatable bonds is 7. The van der Waals surface area contributed by atoms with E-state index in [4.69, 9.17) is 18.7 Å². The van der Waals surface area contributed by atoms with Crippen molar-refractivity contribution >= 4 is 23.2 Å². The summed E-state index contributed by atoms with van der Waals surface area (Å²) in [5.41, 5.74) is 0.789. The van der Waals surface area contributed by atoms with Crippen LogP contribution in [0.15, 0.2) is 35.1 Å². The predicted molar refractivity (Wildman–Crippen MR) is 101 cm³/mol. The minimum Gasteiger partial charge on any atom is -0.493 e. The van der Waals surface area contributed by atoms with Crippen LogP contribution in [0.25, 0.3) is 0 Å². The van der Waals surface area contributed by atoms with E-state index in [1.54, 1.807) is 25.1 Å². The monoisotopic (exact) mass is 385 g/mol. The molecule has 0 aliphatic rings. The number of carbonyl (C=O) groups is 1. The number of nitrogens with zero attached hydrogens (tertiary/aromatic N) is 3. The van der Waals surface area contributed by atoms with E-state index >= 15 is 0 Å². The molecular formula is C18H19N5O5. The largest absolute Gasteiger partial charge is 0.493 e. The number of carbonyl (C=O) groups excluding carboxylic acids is 1. The zero-order valence-electron chi connectivity index (χ0n) is 15.8. The van der Waals surface area contributed by atoms with Crippen LogP contribution in [-0.4, -0.2) is 42.4 Å². The van der Waals surface area contributed by atoms with Crippen LogP contribution in [0.2, 0.25) is 0 Å². The highest BCUT2D eigenvalue weighted by atomic mass is 16.5. The average molecular weight is 385 g/mol. The SMILES string of the molecule is COc1cc(Nc2cc(C(=O)Nc3cc(C)on3)ncn2)cc(OC)c1OC. The summed E-state index contributed by atoms with van der Waals surface area (Å²) in [7, 11) is 4.58. The Hall–Kier alpha value is -3.82. The Bertz CT molecular complexity index is 963. The second kappa shape index (κ2) is 8.25. The summed E-state index contributed by atoms with van der Waals surface area (Å²) in [6.07, 6.45) is 1.28. The van der Waals surface area contributed by atoms with Crippen molar-refractivity contribution in [2.75, 3.05) is 32.0 Å². The molecule has 3 aromatic rings. The first-order valence-corrected chi connectivity index (χ1v) is 8.17. The minimum absolute atomic E-state index is 0.158. The van der Waals surface area contributed by atoms with Crippen LogP contribution in [0.3, 0.4) is 0 Å². The summed E-state index contributed by atoms with van der Waals surface area (Å²) in [5.74, 6) is 2.30. The third-order valence-electron chi connectivity index (χ3n) is 3.71. The molecule has 2 heterocycles. The maximum absolute atomic E-state index is 12.3. The predicted octanol–water partition coefficient (Wildman–Crippen LogP) is 2.79. The average Bonchev–Trinajstić information content (AvgIpc) is 3.11. The number of nitrogens with one attached hydrogen (secondary N) is 2. The Balaban J connectivity index is 1.82. The zero-order chi connectivity index (χ0) is 20.1. The van der Waals surface area contributed by atoms with Gasteiger partial charge in [0.2, 0.25) is 5.75 Å². The van der Waals surface area contributed by atoms with Crippen molar-refractivity contribution in [3.05, 3.63) is 42.0 Å². The molecule has 2 aromatic heterocycles. The Morgan fingerprint density at radius 2 is 1.68 bits per heavy atom. The van der Waals surface area contributed by atoms with Crippen molar-refractivity contribution in [1.82, 2.24) is 15.1 Å². The summed E-state index contributed by atoms with van der Waals surface area (Å²) in [6, 6.07) is 6.56. The molecule has 0 bridgehead atoms. The molecule has 0 saturated carbocycles. The van der Waals surface area contributed by atoms with E-state index in [0.29, 0.717) is 40.3 Å². The van der Waals surface area contributed by atoms with Gasteiger partial charge in [0.15, 0.2) is 17.3 Å². The van der Waals surface area contributed by atoms with Crippen LogP contribution in [0.1, 0.15) is 16.2 Å². The summed E-state index contributed by atoms with van der Waals surface area (Å²) in [6.45, 7) is 1.73. The number of amides is 1. The lowest BCUT2D eigenvalue weighted by atomic mass is 10.2. The number of aromatic nitrogens is 3. The van der Waals surface area contributed by atoms with E-state index in [9.17, 15) is 4.79 Å². The number of anilines is 3. The van der Waals surface area contributed by atoms with Crippen LogP contribution in [0.4, 0.5) is 17.3 Å². The van der Waals surface area contributed by atoms with E-state index in [2.05, 4.69) is 25.8 Å². The summed E-state index contributed by atoms with van der Waals surface area (Å²) in [4.78, 5) is 20.5. The van der Waals surface area contributed by atoms with Crippen LogP contribution < -0.4 is 24.8 Å². The lowest BCUT2D eigenvalue weighted by Gasteiger charge is -2.15. The highest BCUT2D eigenvalue weighted by Gasteiger charge is 2.15. The number of methoxy groups -OCH3 is 3. The fourth-order valence-corrected chi connectivity index (χ4v) is 2.46. The van der Waals surface area contributed by atoms with Crippen molar-refractivity contribution in [2.45, 2.75) is 6.92 Å². The van der Waals surface area contributed by atoms with Gasteiger partial charge in [0.05, 0.1) is 21.3 Å². The van der Waals surface area contributed by atoms with Crippen molar-refractivity contribution in [2.24, 2.45) is 0 Å². The first kappa shape index (κ1) is 19.0. The molecule has 1 amide bonds. The molecule has 0 aliphatic carbocycles. The molecule has 0 unspecified atom stereocenters. The number of benzene rings is 1. The minimum atomic E-state index is -0.441. The molecule has 10 heteroatoms. The Labute approximate surface area is 160 Å². The number of hydrogen-bond acceptors (Lipinski definition) is 9. The van der Waals surface area contributed by atoms with Crippen LogP contribution in [0, 0.1) is 6.92 Å². The zero-order valence-corrected chi connectivity index (χ0v) is 15.8. The van der Waals surface area contributed by atoms with E-state index < -0.39 is 5.91 Å². The second-order valence-electron chi connectivity index (χ2n) is 5.60. The van der Waals surface area contributed by atoms with Gasteiger partial charge in [0.1, 0.15) is 23.6 Å². The molecule has 0 spiro atoms. The number of ether oxygens (including phenoxy) is 3. The molecule has 28 heavy (non-hydrogen) atoms. The first-order chi connectivity index (χ1) is 13.5. The Kier molecular flexibility index (Phi) is 5.58. The lowest BCUT2D eigenvalue weighted by molar-refractivity contribution is 0.102. The van der Waals surface area contributed by atoms with Gasteiger partial charge in [0, 0.05) is 30.0 Å². The number of aryl methyl sites for hydroxylation is 1. The standard InChI is InChI=1S/C18H19N5O5/c1-10-5-16(23-28-10)22-18(24)12-8-15(20-9-19-12)21-11-6-13(25-2)17(27-4)14(7-11)26-3/h5-9H,1-4H3,(H,19,20,21)(H,22,23,24). The molecule has 0 fully saturated rings. The highest BCUT2D eigenvalue weighted by Crippen LogP contribution is 2.40. The summed E-state index contributed by atoms with van der Waals surface area (Å²) >= 11 is 0. The second-order valence-corrected chi connectivity index (χ2v) is 5.60. The highest BCUT2D eigenvalue weighted by molar-refractivity contribution is 6.02. The van der Waals surface area contributed by atoms with Gasteiger partial charge < -0.3 is 29.4 Å². The molecule has 0 saturated heterocycles. The van der Waals surface area contributed by atoms with Gasteiger partial charge in [0.25, 0.3) is 5.91 Å². The molecule has 0 aliphatic heterocycles. The van der Waals surface area contributed by atoms with Gasteiger partial charge in [-0.3, -0.25) is 4.79 Å². The quantitative estimate of drug-likeness (QED) is 0.632. The molecule has 0 atom stereocenters. The van der Waals surface area contributed by atoms with Crippen LogP contribution in [-0.2, 0) is 0 Å². The Morgan fingerprint density at radius 3 is 2.25 bits per heavy atom. The molecule has 1 aromatic carbocycles. The molecule has 2 N–H and O–H groups in total. The smallest absolute Gasteiger partial charge is 0.275 e. The van der Waals surface area contributed by atoms with Gasteiger partial charge in [-0.15, -0.1) is 0 Å². The van der Waals surface area contributed by atoms with E-state index in [1.807, 2.05) is 0 Å². The maximum atomic E-state index is 12.3. The molecular weight excluding hydrogens is 366 g/mol. The summed E-state index contributed by atoms with van der Waals surface area (Å²) in [5, 5.41) is 9.41. The van der Waals surface area contributed by atoms with Crippen LogP contribution >= 0.6 is 0 Å². The van der Waals surface area contributed by atoms with E-state index in [-0.39, 0.29) is 5.69 Å². The van der Waals surface area contributed by atoms with E-state index in [1.165, 1.54) is 33.7 Å². The summed E-state index contributed by atoms with van der Waals surface area (Å²) < 4.78 is 20.9. The molecule has 0 radical (unpaired) electrons. The first-order valence-electron chi connectivity index (χ1n) is 8.17. The van der Waals surface area contributed by atoms with Gasteiger partial charge in [-0.2, -0.15) is 0 Å². The van der Waals surface area contributed by atoms with Gasteiger partial charge in [-0.1, -0.05) is 5.16 Å². The topological polar surface area (TPSA) is 121 Å². The third-order valence-corrected chi connectivity index (χ3v) is 3.71.